The molecule has 0 spiro atoms. The first-order valence-corrected chi connectivity index (χ1v) is 4.56. The van der Waals surface area contributed by atoms with Gasteiger partial charge in [-0.25, -0.2) is 0 Å². The third-order valence-electron chi connectivity index (χ3n) is 2.36. The van der Waals surface area contributed by atoms with Gasteiger partial charge in [0.15, 0.2) is 5.78 Å². The van der Waals surface area contributed by atoms with Crippen LogP contribution in [0.25, 0.3) is 0 Å². The maximum atomic E-state index is 11.5. The van der Waals surface area contributed by atoms with Crippen LogP contribution in [0.2, 0.25) is 0 Å². The molecule has 0 radical (unpaired) electrons. The van der Waals surface area contributed by atoms with Crippen LogP contribution in [0, 0.1) is 5.92 Å². The molecule has 2 nitrogen and oxygen atoms in total. The Morgan fingerprint density at radius 2 is 1.92 bits per heavy atom. The van der Waals surface area contributed by atoms with E-state index in [1.807, 2.05) is 18.2 Å². The predicted molar refractivity (Wildman–Crippen MR) is 49.1 cm³/mol. The highest BCUT2D eigenvalue weighted by molar-refractivity contribution is 5.88. The molecule has 1 atom stereocenters. The fourth-order valence-corrected chi connectivity index (χ4v) is 1.39. The molecule has 0 saturated heterocycles. The van der Waals surface area contributed by atoms with Gasteiger partial charge in [-0.05, 0) is 18.4 Å². The van der Waals surface area contributed by atoms with Gasteiger partial charge in [0.05, 0.1) is 0 Å². The van der Waals surface area contributed by atoms with Crippen LogP contribution >= 0.6 is 0 Å². The number of hydrogen-bond acceptors (Lipinski definition) is 2. The Labute approximate surface area is 77.2 Å². The first-order chi connectivity index (χ1) is 6.29. The molecule has 1 unspecified atom stereocenters. The fraction of sp³-hybridized carbons (Fsp3) is 0.364. The number of rotatable bonds is 3. The quantitative estimate of drug-likeness (QED) is 0.761. The molecule has 0 amide bonds. The molecule has 13 heavy (non-hydrogen) atoms. The summed E-state index contributed by atoms with van der Waals surface area (Å²) in [4.78, 5) is 11.5. The van der Waals surface area contributed by atoms with Crippen molar-refractivity contribution in [3.63, 3.8) is 0 Å². The SMILES string of the molecule is O=C(C1CC1)C(O)c1ccccc1. The van der Waals surface area contributed by atoms with Gasteiger partial charge in [0.25, 0.3) is 0 Å². The second kappa shape index (κ2) is 3.30. The van der Waals surface area contributed by atoms with Crippen LogP contribution < -0.4 is 0 Å². The summed E-state index contributed by atoms with van der Waals surface area (Å²) in [5.74, 6) is 0.0985. The lowest BCUT2D eigenvalue weighted by atomic mass is 10.0. The summed E-state index contributed by atoms with van der Waals surface area (Å²) >= 11 is 0. The highest BCUT2D eigenvalue weighted by Gasteiger charge is 2.34. The van der Waals surface area contributed by atoms with Crippen molar-refractivity contribution in [1.29, 1.82) is 0 Å². The van der Waals surface area contributed by atoms with E-state index in [0.717, 1.165) is 12.8 Å². The zero-order valence-electron chi connectivity index (χ0n) is 7.31. The molecule has 68 valence electrons. The van der Waals surface area contributed by atoms with E-state index in [9.17, 15) is 9.90 Å². The number of carbonyl (C=O) groups is 1. The highest BCUT2D eigenvalue weighted by atomic mass is 16.3. The fourth-order valence-electron chi connectivity index (χ4n) is 1.39. The molecule has 1 aromatic rings. The van der Waals surface area contributed by atoms with Crippen LogP contribution in [0.1, 0.15) is 24.5 Å². The molecule has 0 heterocycles. The van der Waals surface area contributed by atoms with Crippen molar-refractivity contribution in [1.82, 2.24) is 0 Å². The summed E-state index contributed by atoms with van der Waals surface area (Å²) in [5.41, 5.74) is 0.708. The van der Waals surface area contributed by atoms with Crippen molar-refractivity contribution in [3.8, 4) is 0 Å². The third-order valence-corrected chi connectivity index (χ3v) is 2.36. The van der Waals surface area contributed by atoms with Gasteiger partial charge in [-0.1, -0.05) is 30.3 Å². The topological polar surface area (TPSA) is 37.3 Å². The van der Waals surface area contributed by atoms with Gasteiger partial charge in [-0.15, -0.1) is 0 Å². The van der Waals surface area contributed by atoms with Crippen molar-refractivity contribution in [2.24, 2.45) is 5.92 Å². The second-order valence-corrected chi connectivity index (χ2v) is 3.49. The molecule has 0 aliphatic heterocycles. The number of Topliss-reactive ketones (excluding diaryl/α,β-unsaturated/α-hetero) is 1. The molecule has 1 N–H and O–H groups in total. The summed E-state index contributed by atoms with van der Waals surface area (Å²) in [6.45, 7) is 0. The minimum absolute atomic E-state index is 0.0220. The number of benzene rings is 1. The Morgan fingerprint density at radius 1 is 1.31 bits per heavy atom. The average Bonchev–Trinajstić information content (AvgIpc) is 3.00. The second-order valence-electron chi connectivity index (χ2n) is 3.49. The van der Waals surface area contributed by atoms with Crippen LogP contribution in [-0.2, 0) is 4.79 Å². The molecule has 2 rings (SSSR count). The van der Waals surface area contributed by atoms with Crippen LogP contribution in [0.3, 0.4) is 0 Å². The molecular weight excluding hydrogens is 164 g/mol. The lowest BCUT2D eigenvalue weighted by Gasteiger charge is -2.08. The Balaban J connectivity index is 2.12. The summed E-state index contributed by atoms with van der Waals surface area (Å²) in [7, 11) is 0. The Kier molecular flexibility index (Phi) is 2.15. The number of ketones is 1. The zero-order valence-corrected chi connectivity index (χ0v) is 7.31. The first kappa shape index (κ1) is 8.45. The average molecular weight is 176 g/mol. The van der Waals surface area contributed by atoms with Crippen molar-refractivity contribution in [2.45, 2.75) is 18.9 Å². The number of hydrogen-bond donors (Lipinski definition) is 1. The number of carbonyl (C=O) groups excluding carboxylic acids is 1. The van der Waals surface area contributed by atoms with E-state index in [1.54, 1.807) is 12.1 Å². The standard InChI is InChI=1S/C11H12O2/c12-10(11(13)9-6-7-9)8-4-2-1-3-5-8/h1-5,9-10,12H,6-7H2. The summed E-state index contributed by atoms with van der Waals surface area (Å²) < 4.78 is 0. The Morgan fingerprint density at radius 3 is 2.46 bits per heavy atom. The lowest BCUT2D eigenvalue weighted by Crippen LogP contribution is -2.13. The van der Waals surface area contributed by atoms with Crippen molar-refractivity contribution in [3.05, 3.63) is 35.9 Å². The molecule has 1 aliphatic carbocycles. The van der Waals surface area contributed by atoms with Gasteiger partial charge >= 0.3 is 0 Å². The number of aliphatic hydroxyl groups is 1. The maximum absolute atomic E-state index is 11.5. The summed E-state index contributed by atoms with van der Waals surface area (Å²) in [6, 6.07) is 9.10. The molecule has 1 saturated carbocycles. The summed E-state index contributed by atoms with van der Waals surface area (Å²) in [5, 5.41) is 9.65. The van der Waals surface area contributed by atoms with E-state index in [1.165, 1.54) is 0 Å². The minimum Gasteiger partial charge on any atom is -0.381 e. The van der Waals surface area contributed by atoms with Crippen LogP contribution in [0.15, 0.2) is 30.3 Å². The van der Waals surface area contributed by atoms with E-state index in [4.69, 9.17) is 0 Å². The minimum atomic E-state index is -0.909. The van der Waals surface area contributed by atoms with Gasteiger partial charge < -0.3 is 5.11 Å². The molecule has 0 bridgehead atoms. The van der Waals surface area contributed by atoms with Gasteiger partial charge in [0, 0.05) is 5.92 Å². The van der Waals surface area contributed by atoms with E-state index in [2.05, 4.69) is 0 Å². The van der Waals surface area contributed by atoms with E-state index < -0.39 is 6.10 Å². The van der Waals surface area contributed by atoms with Crippen molar-refractivity contribution in [2.75, 3.05) is 0 Å². The Hall–Kier alpha value is -1.15. The van der Waals surface area contributed by atoms with Gasteiger partial charge in [0.2, 0.25) is 0 Å². The zero-order chi connectivity index (χ0) is 9.26. The lowest BCUT2D eigenvalue weighted by molar-refractivity contribution is -0.128. The molecule has 2 heteroatoms. The maximum Gasteiger partial charge on any atom is 0.168 e. The van der Waals surface area contributed by atoms with Gasteiger partial charge in [-0.3, -0.25) is 4.79 Å². The monoisotopic (exact) mass is 176 g/mol. The number of aliphatic hydroxyl groups excluding tert-OH is 1. The highest BCUT2D eigenvalue weighted by Crippen LogP contribution is 2.34. The van der Waals surface area contributed by atoms with Gasteiger partial charge in [-0.2, -0.15) is 0 Å². The molecule has 1 fully saturated rings. The normalized spacial score (nSPS) is 18.2. The molecule has 0 aromatic heterocycles. The smallest absolute Gasteiger partial charge is 0.168 e. The molecule has 1 aliphatic rings. The van der Waals surface area contributed by atoms with Gasteiger partial charge in [0.1, 0.15) is 6.10 Å². The Bertz CT molecular complexity index is 301. The van der Waals surface area contributed by atoms with E-state index in [0.29, 0.717) is 5.56 Å². The van der Waals surface area contributed by atoms with Crippen molar-refractivity contribution >= 4 is 5.78 Å². The van der Waals surface area contributed by atoms with Crippen molar-refractivity contribution < 1.29 is 9.90 Å². The largest absolute Gasteiger partial charge is 0.381 e. The first-order valence-electron chi connectivity index (χ1n) is 4.56. The summed E-state index contributed by atoms with van der Waals surface area (Å²) in [6.07, 6.45) is 0.986. The molecule has 1 aromatic carbocycles. The third kappa shape index (κ3) is 1.78. The van der Waals surface area contributed by atoms with Crippen LogP contribution in [-0.4, -0.2) is 10.9 Å². The van der Waals surface area contributed by atoms with Crippen LogP contribution in [0.4, 0.5) is 0 Å². The van der Waals surface area contributed by atoms with E-state index in [-0.39, 0.29) is 11.7 Å². The molecular formula is C11H12O2. The predicted octanol–water partition coefficient (Wildman–Crippen LogP) is 1.70. The van der Waals surface area contributed by atoms with Crippen LogP contribution in [0.5, 0.6) is 0 Å². The van der Waals surface area contributed by atoms with E-state index >= 15 is 0 Å².